The molecule has 0 bridgehead atoms. The lowest BCUT2D eigenvalue weighted by Crippen LogP contribution is -2.33. The van der Waals surface area contributed by atoms with Gasteiger partial charge in [0, 0.05) is 5.56 Å². The lowest BCUT2D eigenvalue weighted by Gasteiger charge is -2.40. The van der Waals surface area contributed by atoms with Crippen molar-refractivity contribution in [3.05, 3.63) is 64.2 Å². The average Bonchev–Trinajstić information content (AvgIpc) is 2.63. The van der Waals surface area contributed by atoms with Crippen LogP contribution in [-0.2, 0) is 12.0 Å². The summed E-state index contributed by atoms with van der Waals surface area (Å²) in [7, 11) is 0. The van der Waals surface area contributed by atoms with Crippen molar-refractivity contribution in [2.75, 3.05) is 0 Å². The Morgan fingerprint density at radius 2 is 1.31 bits per heavy atom. The van der Waals surface area contributed by atoms with E-state index < -0.39 is 34.6 Å². The third-order valence-corrected chi connectivity index (χ3v) is 5.61. The van der Waals surface area contributed by atoms with E-state index in [0.717, 1.165) is 18.9 Å². The van der Waals surface area contributed by atoms with Crippen molar-refractivity contribution in [2.24, 2.45) is 11.3 Å². The summed E-state index contributed by atoms with van der Waals surface area (Å²) < 4.78 is 60.4. The molecule has 0 saturated carbocycles. The van der Waals surface area contributed by atoms with E-state index in [1.807, 2.05) is 24.3 Å². The van der Waals surface area contributed by atoms with Gasteiger partial charge in [-0.3, -0.25) is 0 Å². The van der Waals surface area contributed by atoms with Gasteiger partial charge in [-0.15, -0.1) is 0 Å². The number of hydrogen-bond acceptors (Lipinski definition) is 1. The maximum absolute atomic E-state index is 14.0. The van der Waals surface area contributed by atoms with Crippen LogP contribution in [-0.4, -0.2) is 0 Å². The topological polar surface area (TPSA) is 9.23 Å². The Labute approximate surface area is 171 Å². The van der Waals surface area contributed by atoms with Crippen molar-refractivity contribution in [1.29, 1.82) is 0 Å². The SMILES string of the molecule is Cc1c(F)c(F)c(OCc2ccc(C(C)(CC(C)(C)C)C(C)C)cc2)c(F)c1F. The van der Waals surface area contributed by atoms with Crippen molar-refractivity contribution in [3.8, 4) is 5.75 Å². The minimum absolute atomic E-state index is 0.0426. The minimum atomic E-state index is -1.52. The molecule has 29 heavy (non-hydrogen) atoms. The highest BCUT2D eigenvalue weighted by atomic mass is 19.2. The Hall–Kier alpha value is -2.04. The van der Waals surface area contributed by atoms with Gasteiger partial charge in [-0.25, -0.2) is 8.78 Å². The molecule has 0 aliphatic carbocycles. The van der Waals surface area contributed by atoms with Crippen molar-refractivity contribution in [1.82, 2.24) is 0 Å². The molecular formula is C24H30F4O. The zero-order chi connectivity index (χ0) is 22.1. The summed E-state index contributed by atoms with van der Waals surface area (Å²) in [6.07, 6.45) is 0.992. The van der Waals surface area contributed by atoms with E-state index in [2.05, 4.69) is 41.5 Å². The molecule has 1 unspecified atom stereocenters. The number of benzene rings is 2. The highest BCUT2D eigenvalue weighted by Gasteiger charge is 2.34. The van der Waals surface area contributed by atoms with Gasteiger partial charge in [0.1, 0.15) is 6.61 Å². The Morgan fingerprint density at radius 1 is 0.828 bits per heavy atom. The molecule has 1 atom stereocenters. The zero-order valence-corrected chi connectivity index (χ0v) is 18.2. The molecule has 0 aliphatic heterocycles. The molecule has 0 radical (unpaired) electrons. The van der Waals surface area contributed by atoms with E-state index in [4.69, 9.17) is 4.74 Å². The highest BCUT2D eigenvalue weighted by Crippen LogP contribution is 2.42. The third kappa shape index (κ3) is 4.93. The largest absolute Gasteiger partial charge is 0.483 e. The monoisotopic (exact) mass is 410 g/mol. The molecule has 0 fully saturated rings. The Morgan fingerprint density at radius 3 is 1.72 bits per heavy atom. The first-order chi connectivity index (χ1) is 13.3. The molecule has 160 valence electrons. The second kappa shape index (κ2) is 8.37. The summed E-state index contributed by atoms with van der Waals surface area (Å²) >= 11 is 0. The molecule has 5 heteroatoms. The van der Waals surface area contributed by atoms with Crippen LogP contribution in [0.4, 0.5) is 17.6 Å². The summed E-state index contributed by atoms with van der Waals surface area (Å²) in [6.45, 7) is 14.0. The van der Waals surface area contributed by atoms with Crippen molar-refractivity contribution in [3.63, 3.8) is 0 Å². The molecule has 0 spiro atoms. The van der Waals surface area contributed by atoms with Crippen LogP contribution < -0.4 is 4.74 Å². The Balaban J connectivity index is 2.24. The molecule has 2 rings (SSSR count). The van der Waals surface area contributed by atoms with Gasteiger partial charge in [-0.05, 0) is 41.2 Å². The molecule has 0 aliphatic rings. The maximum Gasteiger partial charge on any atom is 0.204 e. The second-order valence-corrected chi connectivity index (χ2v) is 9.51. The maximum atomic E-state index is 14.0. The van der Waals surface area contributed by atoms with E-state index in [1.165, 1.54) is 0 Å². The quantitative estimate of drug-likeness (QED) is 0.354. The molecule has 0 N–H and O–H groups in total. The highest BCUT2D eigenvalue weighted by molar-refractivity contribution is 5.34. The fourth-order valence-electron chi connectivity index (χ4n) is 3.73. The van der Waals surface area contributed by atoms with E-state index in [9.17, 15) is 17.6 Å². The first-order valence-corrected chi connectivity index (χ1v) is 9.82. The van der Waals surface area contributed by atoms with Crippen LogP contribution in [0.3, 0.4) is 0 Å². The fourth-order valence-corrected chi connectivity index (χ4v) is 3.73. The van der Waals surface area contributed by atoms with Gasteiger partial charge in [0.15, 0.2) is 17.4 Å². The van der Waals surface area contributed by atoms with Gasteiger partial charge >= 0.3 is 0 Å². The Bertz CT molecular complexity index is 837. The number of halogens is 4. The summed E-state index contributed by atoms with van der Waals surface area (Å²) in [5.74, 6) is -6.54. The molecule has 0 heterocycles. The number of hydrogen-bond donors (Lipinski definition) is 0. The van der Waals surface area contributed by atoms with E-state index >= 15 is 0 Å². The molecule has 0 amide bonds. The molecule has 2 aromatic rings. The number of rotatable bonds is 6. The minimum Gasteiger partial charge on any atom is -0.483 e. The van der Waals surface area contributed by atoms with Crippen molar-refractivity contribution >= 4 is 0 Å². The van der Waals surface area contributed by atoms with Crippen LogP contribution in [0.25, 0.3) is 0 Å². The third-order valence-electron chi connectivity index (χ3n) is 5.61. The van der Waals surface area contributed by atoms with Crippen LogP contribution in [0, 0.1) is 41.5 Å². The van der Waals surface area contributed by atoms with Gasteiger partial charge in [0.25, 0.3) is 0 Å². The standard InChI is InChI=1S/C24H30F4O/c1-14(2)24(7,13-23(4,5)6)17-10-8-16(9-11-17)12-29-22-20(27)18(25)15(3)19(26)21(22)28/h8-11,14H,12-13H2,1-7H3. The Kier molecular flexibility index (Phi) is 6.71. The predicted molar refractivity (Wildman–Crippen MR) is 108 cm³/mol. The van der Waals surface area contributed by atoms with Gasteiger partial charge in [0.2, 0.25) is 11.6 Å². The van der Waals surface area contributed by atoms with E-state index in [0.29, 0.717) is 11.5 Å². The molecular weight excluding hydrogens is 380 g/mol. The summed E-state index contributed by atoms with van der Waals surface area (Å²) in [5, 5.41) is 0. The first kappa shape index (κ1) is 23.2. The summed E-state index contributed by atoms with van der Waals surface area (Å²) in [5.41, 5.74) is 1.21. The zero-order valence-electron chi connectivity index (χ0n) is 18.2. The van der Waals surface area contributed by atoms with Crippen LogP contribution in [0.1, 0.15) is 64.7 Å². The molecule has 1 nitrogen and oxygen atoms in total. The normalized spacial score (nSPS) is 14.2. The van der Waals surface area contributed by atoms with Crippen molar-refractivity contribution < 1.29 is 22.3 Å². The van der Waals surface area contributed by atoms with Crippen LogP contribution in [0.5, 0.6) is 5.75 Å². The molecule has 0 saturated heterocycles. The molecule has 2 aromatic carbocycles. The smallest absolute Gasteiger partial charge is 0.204 e. The number of ether oxygens (including phenoxy) is 1. The van der Waals surface area contributed by atoms with E-state index in [1.54, 1.807) is 0 Å². The fraction of sp³-hybridized carbons (Fsp3) is 0.500. The van der Waals surface area contributed by atoms with Gasteiger partial charge in [0.05, 0.1) is 0 Å². The molecule has 0 aromatic heterocycles. The van der Waals surface area contributed by atoms with Crippen LogP contribution >= 0.6 is 0 Å². The van der Waals surface area contributed by atoms with Gasteiger partial charge in [-0.2, -0.15) is 8.78 Å². The second-order valence-electron chi connectivity index (χ2n) is 9.51. The summed E-state index contributed by atoms with van der Waals surface area (Å²) in [6, 6.07) is 7.59. The van der Waals surface area contributed by atoms with Gasteiger partial charge in [-0.1, -0.05) is 65.8 Å². The van der Waals surface area contributed by atoms with Gasteiger partial charge < -0.3 is 4.74 Å². The first-order valence-electron chi connectivity index (χ1n) is 9.82. The predicted octanol–water partition coefficient (Wildman–Crippen LogP) is 7.48. The van der Waals surface area contributed by atoms with Crippen molar-refractivity contribution in [2.45, 2.75) is 66.9 Å². The lowest BCUT2D eigenvalue weighted by atomic mass is 9.65. The van der Waals surface area contributed by atoms with E-state index in [-0.39, 0.29) is 17.4 Å². The van der Waals surface area contributed by atoms with Crippen LogP contribution in [0.15, 0.2) is 24.3 Å². The summed E-state index contributed by atoms with van der Waals surface area (Å²) in [4.78, 5) is 0. The lowest BCUT2D eigenvalue weighted by molar-refractivity contribution is 0.212. The average molecular weight is 410 g/mol. The van der Waals surface area contributed by atoms with Crippen LogP contribution in [0.2, 0.25) is 0 Å².